The summed E-state index contributed by atoms with van der Waals surface area (Å²) in [7, 11) is -7.08. The van der Waals surface area contributed by atoms with E-state index in [1.807, 2.05) is 0 Å². The summed E-state index contributed by atoms with van der Waals surface area (Å²) in [5.74, 6) is -1.93. The first-order valence-corrected chi connectivity index (χ1v) is 9.00. The number of sulfone groups is 1. The van der Waals surface area contributed by atoms with Crippen LogP contribution in [0, 0.1) is 0 Å². The summed E-state index contributed by atoms with van der Waals surface area (Å²) < 4.78 is 48.2. The van der Waals surface area contributed by atoms with E-state index >= 15 is 0 Å². The Morgan fingerprint density at radius 1 is 1.20 bits per heavy atom. The molecule has 2 rings (SSSR count). The number of carboxylic acid groups (broad SMARTS) is 1. The second kappa shape index (κ2) is 5.15. The maximum absolute atomic E-state index is 12.3. The van der Waals surface area contributed by atoms with Gasteiger partial charge >= 0.3 is 0 Å². The maximum atomic E-state index is 12.3. The van der Waals surface area contributed by atoms with Crippen LogP contribution in [0.1, 0.15) is 10.4 Å². The number of benzene rings is 1. The molecule has 0 spiro atoms. The van der Waals surface area contributed by atoms with Crippen molar-refractivity contribution in [2.45, 2.75) is 4.90 Å². The Hall–Kier alpha value is -1.45. The highest BCUT2D eigenvalue weighted by Crippen LogP contribution is 2.19. The van der Waals surface area contributed by atoms with Crippen molar-refractivity contribution >= 4 is 25.8 Å². The van der Waals surface area contributed by atoms with Crippen LogP contribution in [-0.2, 0) is 19.9 Å². The Morgan fingerprint density at radius 3 is 2.35 bits per heavy atom. The molecule has 1 fully saturated rings. The molecule has 110 valence electrons. The number of carbonyl (C=O) groups is 1. The second-order valence-electron chi connectivity index (χ2n) is 4.37. The molecule has 0 unspecified atom stereocenters. The number of hydrogen-bond acceptors (Lipinski definition) is 6. The Bertz CT molecular complexity index is 724. The highest BCUT2D eigenvalue weighted by atomic mass is 32.2. The summed E-state index contributed by atoms with van der Waals surface area (Å²) in [6.07, 6.45) is 0. The van der Waals surface area contributed by atoms with Gasteiger partial charge in [0.05, 0.1) is 22.4 Å². The van der Waals surface area contributed by atoms with E-state index < -0.39 is 25.8 Å². The fraction of sp³-hybridized carbons (Fsp3) is 0.364. The number of nitrogens with zero attached hydrogens (tertiary/aromatic N) is 1. The van der Waals surface area contributed by atoms with E-state index in [4.69, 9.17) is 0 Å². The van der Waals surface area contributed by atoms with Crippen molar-refractivity contribution in [3.05, 3.63) is 29.8 Å². The highest BCUT2D eigenvalue weighted by molar-refractivity contribution is 7.92. The van der Waals surface area contributed by atoms with Crippen LogP contribution >= 0.6 is 0 Å². The smallest absolute Gasteiger partial charge is 0.243 e. The third-order valence-corrected chi connectivity index (χ3v) is 6.51. The van der Waals surface area contributed by atoms with E-state index in [9.17, 15) is 26.7 Å². The lowest BCUT2D eigenvalue weighted by atomic mass is 10.2. The van der Waals surface area contributed by atoms with Gasteiger partial charge in [-0.15, -0.1) is 0 Å². The normalized spacial score (nSPS) is 19.6. The summed E-state index contributed by atoms with van der Waals surface area (Å²) in [6.45, 7) is -0.250. The molecule has 1 aliphatic heterocycles. The first-order valence-electron chi connectivity index (χ1n) is 5.74. The first-order chi connectivity index (χ1) is 9.22. The van der Waals surface area contributed by atoms with Crippen LogP contribution in [0.15, 0.2) is 29.2 Å². The molecule has 9 heteroatoms. The summed E-state index contributed by atoms with van der Waals surface area (Å²) in [6, 6.07) is 4.81. The topological polar surface area (TPSA) is 112 Å². The first kappa shape index (κ1) is 14.9. The maximum Gasteiger partial charge on any atom is 0.243 e. The van der Waals surface area contributed by atoms with E-state index in [1.54, 1.807) is 0 Å². The average Bonchev–Trinajstić information content (AvgIpc) is 2.38. The molecule has 1 heterocycles. The van der Waals surface area contributed by atoms with Gasteiger partial charge in [0.2, 0.25) is 10.0 Å². The van der Waals surface area contributed by atoms with Gasteiger partial charge < -0.3 is 9.90 Å². The molecule has 1 aromatic carbocycles. The van der Waals surface area contributed by atoms with Gasteiger partial charge in [-0.3, -0.25) is 0 Å². The van der Waals surface area contributed by atoms with Gasteiger partial charge in [0.25, 0.3) is 0 Å². The third-order valence-electron chi connectivity index (χ3n) is 3.01. The summed E-state index contributed by atoms with van der Waals surface area (Å²) >= 11 is 0. The number of carboxylic acids is 1. The van der Waals surface area contributed by atoms with Crippen LogP contribution < -0.4 is 5.11 Å². The Labute approximate surface area is 116 Å². The van der Waals surface area contributed by atoms with Gasteiger partial charge in [-0.1, -0.05) is 12.1 Å². The number of carbonyl (C=O) groups excluding carboxylic acids is 1. The van der Waals surface area contributed by atoms with Crippen LogP contribution in [0.2, 0.25) is 0 Å². The van der Waals surface area contributed by atoms with Crippen LogP contribution in [-0.4, -0.2) is 51.7 Å². The Balaban J connectivity index is 2.32. The number of hydrogen-bond donors (Lipinski definition) is 0. The zero-order valence-corrected chi connectivity index (χ0v) is 12.0. The second-order valence-corrected chi connectivity index (χ2v) is 8.61. The van der Waals surface area contributed by atoms with Crippen LogP contribution in [0.25, 0.3) is 0 Å². The van der Waals surface area contributed by atoms with Gasteiger partial charge in [-0.05, 0) is 17.7 Å². The van der Waals surface area contributed by atoms with E-state index in [-0.39, 0.29) is 35.1 Å². The molecule has 7 nitrogen and oxygen atoms in total. The van der Waals surface area contributed by atoms with Gasteiger partial charge in [0.1, 0.15) is 0 Å². The van der Waals surface area contributed by atoms with Gasteiger partial charge in [0, 0.05) is 13.1 Å². The van der Waals surface area contributed by atoms with Crippen molar-refractivity contribution in [1.29, 1.82) is 0 Å². The molecule has 20 heavy (non-hydrogen) atoms. The predicted octanol–water partition coefficient (Wildman–Crippen LogP) is -1.53. The predicted molar refractivity (Wildman–Crippen MR) is 68.2 cm³/mol. The lowest BCUT2D eigenvalue weighted by molar-refractivity contribution is -0.255. The van der Waals surface area contributed by atoms with Crippen molar-refractivity contribution in [3.8, 4) is 0 Å². The summed E-state index contributed by atoms with van der Waals surface area (Å²) in [4.78, 5) is 10.6. The minimum atomic E-state index is -3.89. The molecule has 0 bridgehead atoms. The third kappa shape index (κ3) is 3.00. The fourth-order valence-electron chi connectivity index (χ4n) is 1.87. The van der Waals surface area contributed by atoms with Crippen molar-refractivity contribution in [3.63, 3.8) is 0 Å². The summed E-state index contributed by atoms with van der Waals surface area (Å²) in [5.41, 5.74) is -0.240. The number of rotatable bonds is 3. The van der Waals surface area contributed by atoms with Crippen molar-refractivity contribution in [2.24, 2.45) is 0 Å². The molecule has 0 amide bonds. The zero-order valence-electron chi connectivity index (χ0n) is 10.4. The van der Waals surface area contributed by atoms with E-state index in [0.29, 0.717) is 0 Å². The molecule has 0 atom stereocenters. The van der Waals surface area contributed by atoms with E-state index in [2.05, 4.69) is 0 Å². The van der Waals surface area contributed by atoms with Crippen molar-refractivity contribution in [2.75, 3.05) is 24.6 Å². The van der Waals surface area contributed by atoms with Gasteiger partial charge in [-0.25, -0.2) is 16.8 Å². The molecule has 1 saturated heterocycles. The van der Waals surface area contributed by atoms with Crippen LogP contribution in [0.4, 0.5) is 0 Å². The van der Waals surface area contributed by atoms with E-state index in [1.165, 1.54) is 18.2 Å². The monoisotopic (exact) mass is 318 g/mol. The molecule has 1 aliphatic rings. The van der Waals surface area contributed by atoms with Gasteiger partial charge in [-0.2, -0.15) is 4.31 Å². The largest absolute Gasteiger partial charge is 0.545 e. The number of aromatic carboxylic acids is 1. The van der Waals surface area contributed by atoms with Gasteiger partial charge in [0.15, 0.2) is 9.84 Å². The zero-order chi connectivity index (χ0) is 15.0. The minimum absolute atomic E-state index is 0.125. The lowest BCUT2D eigenvalue weighted by Crippen LogP contribution is -2.43. The highest BCUT2D eigenvalue weighted by Gasteiger charge is 2.31. The molecular formula is C11H12NO6S2-. The average molecular weight is 318 g/mol. The molecular weight excluding hydrogens is 306 g/mol. The van der Waals surface area contributed by atoms with Crippen LogP contribution in [0.3, 0.4) is 0 Å². The minimum Gasteiger partial charge on any atom is -0.545 e. The molecule has 0 aliphatic carbocycles. The van der Waals surface area contributed by atoms with Crippen LogP contribution in [0.5, 0.6) is 0 Å². The van der Waals surface area contributed by atoms with E-state index in [0.717, 1.165) is 10.4 Å². The Morgan fingerprint density at radius 2 is 1.80 bits per heavy atom. The molecule has 0 N–H and O–H groups in total. The number of sulfonamides is 1. The quantitative estimate of drug-likeness (QED) is 0.668. The molecule has 0 saturated carbocycles. The SMILES string of the molecule is O=C([O-])c1cccc(S(=O)(=O)N2CCS(=O)(=O)CC2)c1. The molecule has 1 aromatic rings. The Kier molecular flexibility index (Phi) is 3.85. The molecule has 0 radical (unpaired) electrons. The molecule has 0 aromatic heterocycles. The fourth-order valence-corrected chi connectivity index (χ4v) is 4.79. The standard InChI is InChI=1S/C11H13NO6S2/c13-11(14)9-2-1-3-10(8-9)20(17,18)12-4-6-19(15,16)7-5-12/h1-3,8H,4-7H2,(H,13,14)/p-1. The van der Waals surface area contributed by atoms with Crippen molar-refractivity contribution in [1.82, 2.24) is 4.31 Å². The van der Waals surface area contributed by atoms with Crippen molar-refractivity contribution < 1.29 is 26.7 Å². The lowest BCUT2D eigenvalue weighted by Gasteiger charge is -2.26. The summed E-state index contributed by atoms with van der Waals surface area (Å²) in [5, 5.41) is 10.7.